The molecule has 1 amide bonds. The van der Waals surface area contributed by atoms with Gasteiger partial charge in [0.15, 0.2) is 0 Å². The van der Waals surface area contributed by atoms with Crippen LogP contribution < -0.4 is 9.62 Å². The largest absolute Gasteiger partial charge is 0.417 e. The maximum Gasteiger partial charge on any atom is 0.417 e. The molecule has 1 saturated heterocycles. The van der Waals surface area contributed by atoms with Crippen LogP contribution in [0.5, 0.6) is 0 Å². The fourth-order valence-electron chi connectivity index (χ4n) is 4.20. The maximum absolute atomic E-state index is 13.3. The Morgan fingerprint density at radius 2 is 1.79 bits per heavy atom. The van der Waals surface area contributed by atoms with Crippen molar-refractivity contribution in [1.29, 1.82) is 0 Å². The van der Waals surface area contributed by atoms with Crippen molar-refractivity contribution in [3.05, 3.63) is 64.7 Å². The Balaban J connectivity index is 1.87. The van der Waals surface area contributed by atoms with Gasteiger partial charge in [-0.1, -0.05) is 41.9 Å². The number of alkyl halides is 3. The molecule has 0 aromatic heterocycles. The zero-order valence-corrected chi connectivity index (χ0v) is 20.3. The van der Waals surface area contributed by atoms with Crippen LogP contribution in [0.2, 0.25) is 5.02 Å². The number of nitrogens with zero attached hydrogens (tertiary/aromatic N) is 1. The molecule has 11 heteroatoms. The molecule has 2 aromatic rings. The molecule has 1 fully saturated rings. The highest BCUT2D eigenvalue weighted by molar-refractivity contribution is 7.92. The van der Waals surface area contributed by atoms with E-state index in [1.165, 1.54) is 6.92 Å². The first-order valence-electron chi connectivity index (χ1n) is 10.6. The van der Waals surface area contributed by atoms with Crippen LogP contribution >= 0.6 is 11.6 Å². The van der Waals surface area contributed by atoms with Gasteiger partial charge in [0.1, 0.15) is 6.04 Å². The van der Waals surface area contributed by atoms with Crippen LogP contribution in [-0.4, -0.2) is 46.4 Å². The number of ether oxygens (including phenoxy) is 1. The molecule has 3 rings (SSSR count). The van der Waals surface area contributed by atoms with Gasteiger partial charge in [0.05, 0.1) is 22.5 Å². The molecule has 0 bridgehead atoms. The SMILES string of the molecule is C[C@H](C(=O)NCC1(c2ccccc2)CCOCC1)N(c1ccc(Cl)c(C(F)(F)F)c1)S(C)(=O)=O. The lowest BCUT2D eigenvalue weighted by atomic mass is 9.74. The van der Waals surface area contributed by atoms with E-state index in [0.29, 0.717) is 36.4 Å². The average Bonchev–Trinajstić information content (AvgIpc) is 2.78. The van der Waals surface area contributed by atoms with Crippen molar-refractivity contribution in [2.75, 3.05) is 30.3 Å². The molecule has 6 nitrogen and oxygen atoms in total. The van der Waals surface area contributed by atoms with E-state index in [1.54, 1.807) is 0 Å². The van der Waals surface area contributed by atoms with Gasteiger partial charge >= 0.3 is 6.18 Å². The van der Waals surface area contributed by atoms with Crippen LogP contribution in [-0.2, 0) is 31.1 Å². The standard InChI is InChI=1S/C23H26ClF3N2O4S/c1-16(29(34(2,31)32)18-8-9-20(24)19(14-18)23(25,26)27)21(30)28-15-22(10-12-33-13-11-22)17-6-4-3-5-7-17/h3-9,14,16H,10-13,15H2,1-2H3,(H,28,30)/t16-/m1/s1. The number of amides is 1. The molecule has 1 heterocycles. The van der Waals surface area contributed by atoms with Crippen LogP contribution in [0.15, 0.2) is 48.5 Å². The highest BCUT2D eigenvalue weighted by Gasteiger charge is 2.38. The predicted octanol–water partition coefficient (Wildman–Crippen LogP) is 4.38. The summed E-state index contributed by atoms with van der Waals surface area (Å²) in [5.41, 5.74) is -0.850. The van der Waals surface area contributed by atoms with Crippen LogP contribution in [0, 0.1) is 0 Å². The molecule has 1 atom stereocenters. The summed E-state index contributed by atoms with van der Waals surface area (Å²) in [5, 5.41) is 2.26. The molecule has 186 valence electrons. The zero-order chi connectivity index (χ0) is 25.1. The number of carbonyl (C=O) groups is 1. The fourth-order valence-corrected chi connectivity index (χ4v) is 5.59. The Bertz CT molecular complexity index is 1120. The van der Waals surface area contributed by atoms with Crippen molar-refractivity contribution in [2.24, 2.45) is 0 Å². The highest BCUT2D eigenvalue weighted by atomic mass is 35.5. The number of hydrogen-bond acceptors (Lipinski definition) is 4. The number of sulfonamides is 1. The van der Waals surface area contributed by atoms with Gasteiger partial charge in [0.2, 0.25) is 15.9 Å². The maximum atomic E-state index is 13.3. The first kappa shape index (κ1) is 26.3. The lowest BCUT2D eigenvalue weighted by Gasteiger charge is -2.38. The summed E-state index contributed by atoms with van der Waals surface area (Å²) in [6.07, 6.45) is -2.63. The summed E-state index contributed by atoms with van der Waals surface area (Å²) in [6, 6.07) is 11.1. The van der Waals surface area contributed by atoms with Crippen LogP contribution in [0.1, 0.15) is 30.9 Å². The topological polar surface area (TPSA) is 75.7 Å². The first-order chi connectivity index (χ1) is 15.8. The summed E-state index contributed by atoms with van der Waals surface area (Å²) in [7, 11) is -4.11. The molecule has 1 aliphatic rings. The van der Waals surface area contributed by atoms with Crippen molar-refractivity contribution >= 4 is 33.2 Å². The van der Waals surface area contributed by atoms with Gasteiger partial charge in [0, 0.05) is 25.2 Å². The van der Waals surface area contributed by atoms with E-state index in [9.17, 15) is 26.4 Å². The van der Waals surface area contributed by atoms with E-state index in [2.05, 4.69) is 5.32 Å². The number of rotatable bonds is 7. The summed E-state index contributed by atoms with van der Waals surface area (Å²) < 4.78 is 71.2. The summed E-state index contributed by atoms with van der Waals surface area (Å²) in [4.78, 5) is 13.1. The predicted molar refractivity (Wildman–Crippen MR) is 124 cm³/mol. The minimum atomic E-state index is -4.78. The Hall–Kier alpha value is -2.30. The minimum absolute atomic E-state index is 0.232. The molecule has 0 saturated carbocycles. The molecule has 0 radical (unpaired) electrons. The smallest absolute Gasteiger partial charge is 0.381 e. The van der Waals surface area contributed by atoms with Gasteiger partial charge in [0.25, 0.3) is 0 Å². The Morgan fingerprint density at radius 1 is 1.18 bits per heavy atom. The fraction of sp³-hybridized carbons (Fsp3) is 0.435. The van der Waals surface area contributed by atoms with Crippen molar-refractivity contribution in [2.45, 2.75) is 37.4 Å². The van der Waals surface area contributed by atoms with E-state index in [0.717, 1.165) is 24.0 Å². The second kappa shape index (κ2) is 10.1. The van der Waals surface area contributed by atoms with E-state index < -0.39 is 44.1 Å². The van der Waals surface area contributed by atoms with Crippen LogP contribution in [0.3, 0.4) is 0 Å². The molecule has 1 N–H and O–H groups in total. The molecule has 0 unspecified atom stereocenters. The van der Waals surface area contributed by atoms with E-state index in [-0.39, 0.29) is 12.2 Å². The Labute approximate surface area is 202 Å². The van der Waals surface area contributed by atoms with Gasteiger partial charge in [-0.3, -0.25) is 9.10 Å². The lowest BCUT2D eigenvalue weighted by molar-refractivity contribution is -0.137. The number of hydrogen-bond donors (Lipinski definition) is 1. The third-order valence-corrected chi connectivity index (χ3v) is 7.61. The average molecular weight is 519 g/mol. The highest BCUT2D eigenvalue weighted by Crippen LogP contribution is 2.38. The second-order valence-corrected chi connectivity index (χ2v) is 10.6. The van der Waals surface area contributed by atoms with Crippen LogP contribution in [0.4, 0.5) is 18.9 Å². The normalized spacial score (nSPS) is 17.1. The lowest BCUT2D eigenvalue weighted by Crippen LogP contribution is -2.51. The number of anilines is 1. The summed E-state index contributed by atoms with van der Waals surface area (Å²) >= 11 is 5.67. The van der Waals surface area contributed by atoms with Gasteiger partial charge in [-0.15, -0.1) is 0 Å². The summed E-state index contributed by atoms with van der Waals surface area (Å²) in [5.74, 6) is -0.629. The number of carbonyl (C=O) groups excluding carboxylic acids is 1. The molecule has 1 aliphatic heterocycles. The minimum Gasteiger partial charge on any atom is -0.381 e. The van der Waals surface area contributed by atoms with Gasteiger partial charge < -0.3 is 10.1 Å². The molecular formula is C23H26ClF3N2O4S. The first-order valence-corrected chi connectivity index (χ1v) is 12.8. The molecule has 0 spiro atoms. The second-order valence-electron chi connectivity index (χ2n) is 8.37. The van der Waals surface area contributed by atoms with Crippen molar-refractivity contribution in [3.63, 3.8) is 0 Å². The third-order valence-electron chi connectivity index (χ3n) is 6.04. The molecule has 34 heavy (non-hydrogen) atoms. The number of halogens is 4. The van der Waals surface area contributed by atoms with E-state index in [4.69, 9.17) is 16.3 Å². The van der Waals surface area contributed by atoms with Gasteiger partial charge in [-0.2, -0.15) is 13.2 Å². The quantitative estimate of drug-likeness (QED) is 0.590. The van der Waals surface area contributed by atoms with E-state index in [1.807, 2.05) is 30.3 Å². The van der Waals surface area contributed by atoms with Crippen LogP contribution in [0.25, 0.3) is 0 Å². The zero-order valence-electron chi connectivity index (χ0n) is 18.7. The molecule has 2 aromatic carbocycles. The van der Waals surface area contributed by atoms with Crippen molar-refractivity contribution in [1.82, 2.24) is 5.32 Å². The van der Waals surface area contributed by atoms with Gasteiger partial charge in [-0.25, -0.2) is 8.42 Å². The van der Waals surface area contributed by atoms with Gasteiger partial charge in [-0.05, 0) is 43.5 Å². The van der Waals surface area contributed by atoms with Crippen molar-refractivity contribution in [3.8, 4) is 0 Å². The monoisotopic (exact) mass is 518 g/mol. The van der Waals surface area contributed by atoms with E-state index >= 15 is 0 Å². The Morgan fingerprint density at radius 3 is 2.35 bits per heavy atom. The number of benzene rings is 2. The van der Waals surface area contributed by atoms with Crippen molar-refractivity contribution < 1.29 is 31.1 Å². The molecular weight excluding hydrogens is 493 g/mol. The Kier molecular flexibility index (Phi) is 7.84. The summed E-state index contributed by atoms with van der Waals surface area (Å²) in [6.45, 7) is 2.59. The third kappa shape index (κ3) is 5.84. The number of nitrogens with one attached hydrogen (secondary N) is 1. The molecule has 0 aliphatic carbocycles.